The van der Waals surface area contributed by atoms with Crippen LogP contribution in [0.4, 0.5) is 0 Å². The van der Waals surface area contributed by atoms with E-state index >= 15 is 0 Å². The second kappa shape index (κ2) is 7.40. The molecule has 0 bridgehead atoms. The number of nitrogens with zero attached hydrogens (tertiary/aromatic N) is 2. The van der Waals surface area contributed by atoms with Crippen LogP contribution in [-0.2, 0) is 19.4 Å². The smallest absolute Gasteiger partial charge is 0.321 e. The molecule has 0 aliphatic heterocycles. The summed E-state index contributed by atoms with van der Waals surface area (Å²) < 4.78 is 31.8. The van der Waals surface area contributed by atoms with Gasteiger partial charge in [0.05, 0.1) is 21.1 Å². The second-order valence-corrected chi connectivity index (χ2v) is 8.94. The van der Waals surface area contributed by atoms with E-state index in [1.54, 1.807) is 4.44 Å². The molecular formula is C18H17N2O4PS. The Balaban J connectivity index is 2.16. The zero-order valence-corrected chi connectivity index (χ0v) is 16.0. The van der Waals surface area contributed by atoms with Crippen molar-refractivity contribution >= 4 is 24.2 Å². The highest BCUT2D eigenvalue weighted by atomic mass is 32.2. The maximum absolute atomic E-state index is 12.8. The molecule has 8 heteroatoms. The fourth-order valence-electron chi connectivity index (χ4n) is 2.35. The van der Waals surface area contributed by atoms with Gasteiger partial charge in [0, 0.05) is 5.56 Å². The van der Waals surface area contributed by atoms with E-state index < -0.39 is 21.6 Å². The molecule has 3 aromatic rings. The van der Waals surface area contributed by atoms with E-state index in [-0.39, 0.29) is 4.63 Å². The predicted molar refractivity (Wildman–Crippen MR) is 100 cm³/mol. The number of para-hydroxylation sites is 1. The lowest BCUT2D eigenvalue weighted by Crippen LogP contribution is -2.17. The standard InChI is InChI=1S/C18H17N2O4PS/c1-13-8-10-14(11-9-13)17-18(26(22,23)12-16(21)24-2)25-20(19-17)15-6-4-3-5-7-15/h3-11H,12H2,1-2H3. The molecule has 0 radical (unpaired) electrons. The van der Waals surface area contributed by atoms with Crippen molar-refractivity contribution in [3.63, 3.8) is 0 Å². The first-order chi connectivity index (χ1) is 12.4. The van der Waals surface area contributed by atoms with Crippen LogP contribution in [0.25, 0.3) is 16.9 Å². The van der Waals surface area contributed by atoms with Crippen LogP contribution in [0.3, 0.4) is 0 Å². The molecule has 0 N–H and O–H groups in total. The number of ether oxygens (including phenoxy) is 1. The number of rotatable bonds is 5. The Bertz CT molecular complexity index is 1030. The summed E-state index contributed by atoms with van der Waals surface area (Å²) in [6.45, 7) is 1.95. The van der Waals surface area contributed by atoms with E-state index in [4.69, 9.17) is 0 Å². The Hall–Kier alpha value is -2.50. The van der Waals surface area contributed by atoms with E-state index in [0.717, 1.165) is 11.3 Å². The van der Waals surface area contributed by atoms with Gasteiger partial charge in [0.1, 0.15) is 10.3 Å². The van der Waals surface area contributed by atoms with Gasteiger partial charge in [-0.1, -0.05) is 48.0 Å². The number of benzene rings is 2. The molecule has 0 saturated carbocycles. The SMILES string of the molecule is COC(=O)CS(=O)(=O)c1pn(-c2ccccc2)nc1-c1ccc(C)cc1. The Labute approximate surface area is 153 Å². The summed E-state index contributed by atoms with van der Waals surface area (Å²) in [5.74, 6) is -1.51. The van der Waals surface area contributed by atoms with E-state index in [9.17, 15) is 13.2 Å². The van der Waals surface area contributed by atoms with Crippen LogP contribution in [0, 0.1) is 6.92 Å². The number of aromatic nitrogens is 2. The fraction of sp³-hybridized carbons (Fsp3) is 0.167. The van der Waals surface area contributed by atoms with E-state index in [1.807, 2.05) is 61.5 Å². The molecule has 0 unspecified atom stereocenters. The lowest BCUT2D eigenvalue weighted by molar-refractivity contribution is -0.137. The highest BCUT2D eigenvalue weighted by Crippen LogP contribution is 2.35. The first-order valence-electron chi connectivity index (χ1n) is 7.80. The maximum atomic E-state index is 12.8. The van der Waals surface area contributed by atoms with Crippen molar-refractivity contribution in [3.8, 4) is 16.9 Å². The van der Waals surface area contributed by atoms with Gasteiger partial charge in [-0.3, -0.25) is 4.79 Å². The summed E-state index contributed by atoms with van der Waals surface area (Å²) in [5.41, 5.74) is 2.86. The number of hydrogen-bond donors (Lipinski definition) is 0. The molecule has 1 heterocycles. The van der Waals surface area contributed by atoms with Gasteiger partial charge in [-0.25, -0.2) is 12.9 Å². The number of hydrogen-bond acceptors (Lipinski definition) is 5. The van der Waals surface area contributed by atoms with Gasteiger partial charge in [-0.15, -0.1) is 0 Å². The third-order valence-corrected chi connectivity index (χ3v) is 7.11. The van der Waals surface area contributed by atoms with Crippen LogP contribution >= 0.6 is 8.35 Å². The first-order valence-corrected chi connectivity index (χ1v) is 10.3. The number of aryl methyl sites for hydroxylation is 1. The van der Waals surface area contributed by atoms with Crippen molar-refractivity contribution < 1.29 is 17.9 Å². The lowest BCUT2D eigenvalue weighted by Gasteiger charge is -2.03. The van der Waals surface area contributed by atoms with Crippen LogP contribution in [-0.4, -0.2) is 36.8 Å². The summed E-state index contributed by atoms with van der Waals surface area (Å²) in [5, 5.41) is 4.51. The Morgan fingerprint density at radius 2 is 1.77 bits per heavy atom. The fourth-order valence-corrected chi connectivity index (χ4v) is 5.12. The maximum Gasteiger partial charge on any atom is 0.321 e. The minimum absolute atomic E-state index is 0.0932. The van der Waals surface area contributed by atoms with E-state index in [0.29, 0.717) is 19.6 Å². The zero-order chi connectivity index (χ0) is 18.7. The quantitative estimate of drug-likeness (QED) is 0.626. The third kappa shape index (κ3) is 3.84. The summed E-state index contributed by atoms with van der Waals surface area (Å²) in [6.07, 6.45) is 0. The van der Waals surface area contributed by atoms with Crippen LogP contribution < -0.4 is 0 Å². The molecule has 3 rings (SSSR count). The molecule has 6 nitrogen and oxygen atoms in total. The minimum Gasteiger partial charge on any atom is -0.468 e. The van der Waals surface area contributed by atoms with Gasteiger partial charge in [-0.05, 0) is 19.1 Å². The highest BCUT2D eigenvalue weighted by molar-refractivity contribution is 7.94. The normalized spacial score (nSPS) is 11.6. The number of carbonyl (C=O) groups excluding carboxylic acids is 1. The van der Waals surface area contributed by atoms with Crippen molar-refractivity contribution in [2.75, 3.05) is 12.9 Å². The average molecular weight is 388 g/mol. The molecule has 0 fully saturated rings. The molecule has 0 saturated heterocycles. The zero-order valence-electron chi connectivity index (χ0n) is 14.3. The van der Waals surface area contributed by atoms with Gasteiger partial charge in [0.25, 0.3) is 0 Å². The van der Waals surface area contributed by atoms with Gasteiger partial charge >= 0.3 is 5.97 Å². The van der Waals surface area contributed by atoms with Crippen LogP contribution in [0.2, 0.25) is 0 Å². The topological polar surface area (TPSA) is 78.3 Å². The number of esters is 1. The van der Waals surface area contributed by atoms with Crippen LogP contribution in [0.5, 0.6) is 0 Å². The molecule has 134 valence electrons. The lowest BCUT2D eigenvalue weighted by atomic mass is 10.1. The molecule has 0 amide bonds. The molecular weight excluding hydrogens is 371 g/mol. The third-order valence-electron chi connectivity index (χ3n) is 3.73. The van der Waals surface area contributed by atoms with Crippen molar-refractivity contribution in [1.82, 2.24) is 9.54 Å². The van der Waals surface area contributed by atoms with Gasteiger partial charge in [-0.2, -0.15) is 5.10 Å². The number of carbonyl (C=O) groups is 1. The summed E-state index contributed by atoms with van der Waals surface area (Å²) >= 11 is 0. The van der Waals surface area contributed by atoms with Crippen molar-refractivity contribution in [2.45, 2.75) is 11.6 Å². The Morgan fingerprint density at radius 1 is 1.12 bits per heavy atom. The van der Waals surface area contributed by atoms with Crippen LogP contribution in [0.15, 0.2) is 59.2 Å². The monoisotopic (exact) mass is 388 g/mol. The summed E-state index contributed by atoms with van der Waals surface area (Å²) in [6, 6.07) is 16.7. The molecule has 0 aliphatic carbocycles. The Morgan fingerprint density at radius 3 is 2.38 bits per heavy atom. The largest absolute Gasteiger partial charge is 0.468 e. The second-order valence-electron chi connectivity index (χ2n) is 5.68. The Kier molecular flexibility index (Phi) is 5.20. The first kappa shape index (κ1) is 18.3. The molecule has 0 aliphatic rings. The van der Waals surface area contributed by atoms with Gasteiger partial charge < -0.3 is 4.74 Å². The van der Waals surface area contributed by atoms with Crippen molar-refractivity contribution in [2.24, 2.45) is 0 Å². The number of methoxy groups -OCH3 is 1. The molecule has 0 atom stereocenters. The van der Waals surface area contributed by atoms with E-state index in [2.05, 4.69) is 9.84 Å². The summed E-state index contributed by atoms with van der Waals surface area (Å²) in [7, 11) is -2.32. The highest BCUT2D eigenvalue weighted by Gasteiger charge is 2.28. The predicted octanol–water partition coefficient (Wildman–Crippen LogP) is 3.37. The molecule has 0 spiro atoms. The van der Waals surface area contributed by atoms with Gasteiger partial charge in [0.15, 0.2) is 15.6 Å². The number of sulfone groups is 1. The van der Waals surface area contributed by atoms with Crippen molar-refractivity contribution in [1.29, 1.82) is 0 Å². The summed E-state index contributed by atoms with van der Waals surface area (Å²) in [4.78, 5) is 11.6. The van der Waals surface area contributed by atoms with E-state index in [1.165, 1.54) is 7.11 Å². The van der Waals surface area contributed by atoms with Crippen molar-refractivity contribution in [3.05, 3.63) is 60.2 Å². The average Bonchev–Trinajstić information content (AvgIpc) is 3.09. The van der Waals surface area contributed by atoms with Crippen LogP contribution in [0.1, 0.15) is 5.56 Å². The van der Waals surface area contributed by atoms with Gasteiger partial charge in [0.2, 0.25) is 0 Å². The molecule has 1 aromatic heterocycles. The molecule has 26 heavy (non-hydrogen) atoms. The molecule has 2 aromatic carbocycles. The minimum atomic E-state index is -3.86.